The Morgan fingerprint density at radius 3 is 2.66 bits per heavy atom. The van der Waals surface area contributed by atoms with Crippen molar-refractivity contribution in [3.63, 3.8) is 0 Å². The van der Waals surface area contributed by atoms with Gasteiger partial charge in [-0.3, -0.25) is 4.79 Å². The Kier molecular flexibility index (Phi) is 6.88. The van der Waals surface area contributed by atoms with Crippen molar-refractivity contribution >= 4 is 16.9 Å². The Morgan fingerprint density at radius 1 is 1.07 bits per heavy atom. The van der Waals surface area contributed by atoms with Gasteiger partial charge in [0.2, 0.25) is 5.91 Å². The number of likely N-dealkylation sites (N-methyl/N-ethyl adjacent to an activating group) is 1. The minimum atomic E-state index is 0.0897. The van der Waals surface area contributed by atoms with Gasteiger partial charge < -0.3 is 19.5 Å². The predicted molar refractivity (Wildman–Crippen MR) is 116 cm³/mol. The molecule has 0 radical (unpaired) electrons. The van der Waals surface area contributed by atoms with E-state index >= 15 is 0 Å². The number of aromatic nitrogens is 2. The van der Waals surface area contributed by atoms with E-state index in [1.54, 1.807) is 19.0 Å². The van der Waals surface area contributed by atoms with E-state index in [-0.39, 0.29) is 5.91 Å². The summed E-state index contributed by atoms with van der Waals surface area (Å²) in [6.45, 7) is 1.55. The zero-order valence-electron chi connectivity index (χ0n) is 17.7. The molecule has 0 aliphatic carbocycles. The largest absolute Gasteiger partial charge is 0.494 e. The molecule has 1 amide bonds. The lowest BCUT2D eigenvalue weighted by molar-refractivity contribution is -0.127. The van der Waals surface area contributed by atoms with Gasteiger partial charge in [0.05, 0.1) is 24.1 Å². The molecule has 29 heavy (non-hydrogen) atoms. The highest BCUT2D eigenvalue weighted by atomic mass is 16.5. The molecule has 1 heterocycles. The predicted octanol–water partition coefficient (Wildman–Crippen LogP) is 3.27. The second-order valence-electron chi connectivity index (χ2n) is 7.84. The van der Waals surface area contributed by atoms with Gasteiger partial charge in [-0.15, -0.1) is 0 Å². The van der Waals surface area contributed by atoms with Crippen LogP contribution in [0.3, 0.4) is 0 Å². The highest BCUT2D eigenvalue weighted by molar-refractivity contribution is 5.81. The number of benzene rings is 2. The first-order valence-electron chi connectivity index (χ1n) is 9.95. The summed E-state index contributed by atoms with van der Waals surface area (Å²) in [7, 11) is 7.66. The number of hydrogen-bond donors (Lipinski definition) is 1. The lowest BCUT2D eigenvalue weighted by Crippen LogP contribution is -2.23. The molecule has 3 rings (SSSR count). The van der Waals surface area contributed by atoms with E-state index in [1.807, 2.05) is 30.3 Å². The number of ether oxygens (including phenoxy) is 1. The van der Waals surface area contributed by atoms with Crippen molar-refractivity contribution in [2.45, 2.75) is 25.8 Å². The molecular formula is C23H30N4O2. The van der Waals surface area contributed by atoms with Gasteiger partial charge in [0, 0.05) is 27.1 Å². The maximum atomic E-state index is 11.9. The molecule has 0 aliphatic heterocycles. The topological polar surface area (TPSA) is 61.5 Å². The SMILES string of the molecule is CN(C)Cc1cccc(OCCCc2nc3cc(CC(=O)N(C)C)ccc3[nH]2)c1. The number of aromatic amines is 1. The molecular weight excluding hydrogens is 364 g/mol. The maximum absolute atomic E-state index is 11.9. The Morgan fingerprint density at radius 2 is 1.90 bits per heavy atom. The molecule has 1 aromatic heterocycles. The first-order valence-corrected chi connectivity index (χ1v) is 9.95. The Hall–Kier alpha value is -2.86. The van der Waals surface area contributed by atoms with E-state index in [0.29, 0.717) is 13.0 Å². The number of nitrogens with one attached hydrogen (secondary N) is 1. The highest BCUT2D eigenvalue weighted by Crippen LogP contribution is 2.17. The van der Waals surface area contributed by atoms with Gasteiger partial charge in [0.1, 0.15) is 11.6 Å². The average Bonchev–Trinajstić information content (AvgIpc) is 3.07. The molecule has 0 saturated carbocycles. The van der Waals surface area contributed by atoms with Crippen LogP contribution >= 0.6 is 0 Å². The van der Waals surface area contributed by atoms with Gasteiger partial charge >= 0.3 is 0 Å². The fourth-order valence-corrected chi connectivity index (χ4v) is 3.19. The first kappa shape index (κ1) is 20.9. The number of carbonyl (C=O) groups is 1. The minimum Gasteiger partial charge on any atom is -0.494 e. The van der Waals surface area contributed by atoms with Crippen molar-refractivity contribution in [1.82, 2.24) is 19.8 Å². The third-order valence-electron chi connectivity index (χ3n) is 4.67. The molecule has 0 bridgehead atoms. The molecule has 0 unspecified atom stereocenters. The molecule has 2 aromatic carbocycles. The number of rotatable bonds is 9. The van der Waals surface area contributed by atoms with Crippen LogP contribution in [-0.2, 0) is 24.2 Å². The monoisotopic (exact) mass is 394 g/mol. The van der Waals surface area contributed by atoms with Crippen LogP contribution in [0.2, 0.25) is 0 Å². The lowest BCUT2D eigenvalue weighted by atomic mass is 10.1. The standard InChI is InChI=1S/C23H30N4O2/c1-26(2)16-18-7-5-8-19(13-18)29-12-6-9-22-24-20-11-10-17(14-21(20)25-22)15-23(28)27(3)4/h5,7-8,10-11,13-14H,6,9,12,15-16H2,1-4H3,(H,24,25). The minimum absolute atomic E-state index is 0.0897. The maximum Gasteiger partial charge on any atom is 0.226 e. The smallest absolute Gasteiger partial charge is 0.226 e. The van der Waals surface area contributed by atoms with E-state index in [1.165, 1.54) is 5.56 Å². The number of H-pyrrole nitrogens is 1. The normalized spacial score (nSPS) is 11.2. The number of amides is 1. The van der Waals surface area contributed by atoms with Gasteiger partial charge in [-0.25, -0.2) is 4.98 Å². The summed E-state index contributed by atoms with van der Waals surface area (Å²) in [6.07, 6.45) is 2.09. The van der Waals surface area contributed by atoms with Crippen molar-refractivity contribution in [3.8, 4) is 5.75 Å². The van der Waals surface area contributed by atoms with E-state index in [9.17, 15) is 4.79 Å². The number of aryl methyl sites for hydroxylation is 1. The molecule has 0 fully saturated rings. The fourth-order valence-electron chi connectivity index (χ4n) is 3.19. The average molecular weight is 395 g/mol. The van der Waals surface area contributed by atoms with Gasteiger partial charge in [0.25, 0.3) is 0 Å². The Labute approximate surface area is 172 Å². The van der Waals surface area contributed by atoms with Crippen LogP contribution in [0.5, 0.6) is 5.75 Å². The van der Waals surface area contributed by atoms with Gasteiger partial charge in [-0.2, -0.15) is 0 Å². The summed E-state index contributed by atoms with van der Waals surface area (Å²) in [5.41, 5.74) is 4.13. The van der Waals surface area contributed by atoms with Gasteiger partial charge in [-0.05, 0) is 55.9 Å². The van der Waals surface area contributed by atoms with Crippen molar-refractivity contribution < 1.29 is 9.53 Å². The summed E-state index contributed by atoms with van der Waals surface area (Å²) < 4.78 is 5.91. The summed E-state index contributed by atoms with van der Waals surface area (Å²) >= 11 is 0. The van der Waals surface area contributed by atoms with Crippen molar-refractivity contribution in [2.24, 2.45) is 0 Å². The summed E-state index contributed by atoms with van der Waals surface area (Å²) in [6, 6.07) is 14.2. The van der Waals surface area contributed by atoms with Crippen molar-refractivity contribution in [3.05, 3.63) is 59.4 Å². The van der Waals surface area contributed by atoms with Crippen LogP contribution in [0, 0.1) is 0 Å². The molecule has 3 aromatic rings. The van der Waals surface area contributed by atoms with Crippen LogP contribution in [0.25, 0.3) is 11.0 Å². The third-order valence-corrected chi connectivity index (χ3v) is 4.67. The summed E-state index contributed by atoms with van der Waals surface area (Å²) in [4.78, 5) is 23.7. The van der Waals surface area contributed by atoms with E-state index in [0.717, 1.165) is 47.6 Å². The number of hydrogen-bond acceptors (Lipinski definition) is 4. The van der Waals surface area contributed by atoms with Crippen LogP contribution < -0.4 is 4.74 Å². The zero-order chi connectivity index (χ0) is 20.8. The third kappa shape index (κ3) is 6.06. The molecule has 0 spiro atoms. The van der Waals surface area contributed by atoms with Crippen LogP contribution in [0.1, 0.15) is 23.4 Å². The molecule has 154 valence electrons. The second kappa shape index (κ2) is 9.56. The molecule has 0 aliphatic rings. The quantitative estimate of drug-likeness (QED) is 0.566. The number of imidazole rings is 1. The molecule has 0 saturated heterocycles. The van der Waals surface area contributed by atoms with E-state index in [2.05, 4.69) is 41.1 Å². The lowest BCUT2D eigenvalue weighted by Gasteiger charge is -2.11. The fraction of sp³-hybridized carbons (Fsp3) is 0.391. The molecule has 0 atom stereocenters. The Balaban J connectivity index is 1.52. The second-order valence-corrected chi connectivity index (χ2v) is 7.84. The first-order chi connectivity index (χ1) is 13.9. The van der Waals surface area contributed by atoms with Crippen LogP contribution in [0.4, 0.5) is 0 Å². The summed E-state index contributed by atoms with van der Waals surface area (Å²) in [5.74, 6) is 1.94. The number of nitrogens with zero attached hydrogens (tertiary/aromatic N) is 3. The molecule has 1 N–H and O–H groups in total. The van der Waals surface area contributed by atoms with Crippen molar-refractivity contribution in [2.75, 3.05) is 34.8 Å². The zero-order valence-corrected chi connectivity index (χ0v) is 17.7. The summed E-state index contributed by atoms with van der Waals surface area (Å²) in [5, 5.41) is 0. The Bertz CT molecular complexity index is 962. The number of fused-ring (bicyclic) bond motifs is 1. The van der Waals surface area contributed by atoms with Gasteiger partial charge in [-0.1, -0.05) is 18.2 Å². The van der Waals surface area contributed by atoms with E-state index < -0.39 is 0 Å². The van der Waals surface area contributed by atoms with Crippen LogP contribution in [0.15, 0.2) is 42.5 Å². The van der Waals surface area contributed by atoms with Crippen LogP contribution in [-0.4, -0.2) is 60.5 Å². The number of carbonyl (C=O) groups excluding carboxylic acids is 1. The van der Waals surface area contributed by atoms with E-state index in [4.69, 9.17) is 4.74 Å². The molecule has 6 heteroatoms. The van der Waals surface area contributed by atoms with Crippen molar-refractivity contribution in [1.29, 1.82) is 0 Å². The highest BCUT2D eigenvalue weighted by Gasteiger charge is 2.09. The molecule has 6 nitrogen and oxygen atoms in total. The van der Waals surface area contributed by atoms with Gasteiger partial charge in [0.15, 0.2) is 0 Å².